The molecular weight excluding hydrogens is 396 g/mol. The first kappa shape index (κ1) is 19.1. The van der Waals surface area contributed by atoms with E-state index in [-0.39, 0.29) is 22.8 Å². The van der Waals surface area contributed by atoms with Crippen molar-refractivity contribution in [1.82, 2.24) is 4.57 Å². The van der Waals surface area contributed by atoms with Gasteiger partial charge in [0.25, 0.3) is 0 Å². The maximum absolute atomic E-state index is 11.5. The van der Waals surface area contributed by atoms with E-state index in [0.717, 1.165) is 21.7 Å². The molecular formula is C20H18BrN2OS-. The Balaban J connectivity index is 0.00000225. The summed E-state index contributed by atoms with van der Waals surface area (Å²) >= 11 is 1.60. The lowest BCUT2D eigenvalue weighted by Gasteiger charge is -2.10. The molecule has 1 heterocycles. The van der Waals surface area contributed by atoms with Crippen molar-refractivity contribution >= 4 is 17.1 Å². The molecule has 0 unspecified atom stereocenters. The molecule has 25 heavy (non-hydrogen) atoms. The summed E-state index contributed by atoms with van der Waals surface area (Å²) in [6.07, 6.45) is 1.78. The van der Waals surface area contributed by atoms with Crippen molar-refractivity contribution in [3.8, 4) is 16.9 Å². The van der Waals surface area contributed by atoms with Crippen LogP contribution in [-0.4, -0.2) is 16.9 Å². The first-order valence-corrected chi connectivity index (χ1v) is 8.57. The maximum atomic E-state index is 11.5. The van der Waals surface area contributed by atoms with Gasteiger partial charge in [0.15, 0.2) is 10.6 Å². The highest BCUT2D eigenvalue weighted by Gasteiger charge is 2.10. The average Bonchev–Trinajstić information content (AvgIpc) is 3.04. The monoisotopic (exact) mass is 413 g/mol. The van der Waals surface area contributed by atoms with Crippen molar-refractivity contribution in [2.24, 2.45) is 4.99 Å². The van der Waals surface area contributed by atoms with Crippen LogP contribution >= 0.6 is 11.3 Å². The van der Waals surface area contributed by atoms with Crippen LogP contribution in [0.4, 0.5) is 0 Å². The number of hydrogen-bond acceptors (Lipinski definition) is 3. The second-order valence-corrected chi connectivity index (χ2v) is 6.17. The molecule has 0 aliphatic rings. The van der Waals surface area contributed by atoms with Crippen LogP contribution in [-0.2, 0) is 0 Å². The topological polar surface area (TPSA) is 34.4 Å². The zero-order valence-corrected chi connectivity index (χ0v) is 16.3. The largest absolute Gasteiger partial charge is 1.00 e. The molecule has 2 aromatic carbocycles. The SMILES string of the molecule is C=CCN=c1scc(-c2ccccc2)n1-c1ccc(C(C)=O)cc1.[Br-]. The van der Waals surface area contributed by atoms with Gasteiger partial charge in [0.05, 0.1) is 12.2 Å². The third kappa shape index (κ3) is 4.24. The first-order valence-electron chi connectivity index (χ1n) is 7.69. The zero-order valence-electron chi connectivity index (χ0n) is 13.9. The van der Waals surface area contributed by atoms with E-state index in [4.69, 9.17) is 0 Å². The molecule has 0 radical (unpaired) electrons. The van der Waals surface area contributed by atoms with Gasteiger partial charge < -0.3 is 17.0 Å². The fourth-order valence-electron chi connectivity index (χ4n) is 2.47. The highest BCUT2D eigenvalue weighted by atomic mass is 79.9. The second-order valence-electron chi connectivity index (χ2n) is 5.34. The molecule has 0 aliphatic carbocycles. The molecule has 0 amide bonds. The van der Waals surface area contributed by atoms with E-state index in [1.165, 1.54) is 0 Å². The van der Waals surface area contributed by atoms with Gasteiger partial charge in [0, 0.05) is 16.6 Å². The van der Waals surface area contributed by atoms with E-state index in [0.29, 0.717) is 12.1 Å². The molecule has 5 heteroatoms. The molecule has 0 bridgehead atoms. The third-order valence-corrected chi connectivity index (χ3v) is 4.53. The van der Waals surface area contributed by atoms with Gasteiger partial charge in [0.1, 0.15) is 0 Å². The number of Topliss-reactive ketones (excluding diaryl/α,β-unsaturated/α-hetero) is 1. The van der Waals surface area contributed by atoms with E-state index in [1.807, 2.05) is 42.5 Å². The number of nitrogens with zero attached hydrogens (tertiary/aromatic N) is 2. The van der Waals surface area contributed by atoms with Crippen LogP contribution in [0.2, 0.25) is 0 Å². The number of ketones is 1. The van der Waals surface area contributed by atoms with Crippen molar-refractivity contribution in [3.63, 3.8) is 0 Å². The molecule has 0 saturated carbocycles. The Morgan fingerprint density at radius 3 is 2.44 bits per heavy atom. The van der Waals surface area contributed by atoms with E-state index in [9.17, 15) is 4.79 Å². The Bertz CT molecular complexity index is 924. The van der Waals surface area contributed by atoms with Crippen LogP contribution in [0, 0.1) is 0 Å². The van der Waals surface area contributed by atoms with Gasteiger partial charge in [-0.1, -0.05) is 36.4 Å². The van der Waals surface area contributed by atoms with E-state index in [2.05, 4.69) is 33.7 Å². The summed E-state index contributed by atoms with van der Waals surface area (Å²) in [5, 5.41) is 2.11. The average molecular weight is 414 g/mol. The second kappa shape index (κ2) is 8.74. The standard InChI is InChI=1S/C20H18N2OS.BrH/c1-3-13-21-20-22(18-11-9-16(10-12-18)15(2)23)19(14-24-20)17-7-5-4-6-8-17;/h3-12,14H,1,13H2,2H3;1H/p-1. The van der Waals surface area contributed by atoms with Gasteiger partial charge in [-0.05, 0) is 36.8 Å². The highest BCUT2D eigenvalue weighted by molar-refractivity contribution is 7.07. The summed E-state index contributed by atoms with van der Waals surface area (Å²) in [7, 11) is 0. The zero-order chi connectivity index (χ0) is 16.9. The Labute approximate surface area is 161 Å². The normalized spacial score (nSPS) is 11.0. The Morgan fingerprint density at radius 1 is 1.16 bits per heavy atom. The highest BCUT2D eigenvalue weighted by Crippen LogP contribution is 2.23. The number of carbonyl (C=O) groups excluding carboxylic acids is 1. The van der Waals surface area contributed by atoms with Gasteiger partial charge in [0.2, 0.25) is 0 Å². The summed E-state index contributed by atoms with van der Waals surface area (Å²) in [5.41, 5.74) is 3.91. The first-order chi connectivity index (χ1) is 11.7. The molecule has 1 aromatic heterocycles. The summed E-state index contributed by atoms with van der Waals surface area (Å²) in [4.78, 5) is 17.0. The number of aromatic nitrogens is 1. The number of carbonyl (C=O) groups is 1. The van der Waals surface area contributed by atoms with Crippen molar-refractivity contribution in [2.75, 3.05) is 6.54 Å². The molecule has 3 nitrogen and oxygen atoms in total. The van der Waals surface area contributed by atoms with Gasteiger partial charge >= 0.3 is 0 Å². The molecule has 128 valence electrons. The fourth-order valence-corrected chi connectivity index (χ4v) is 3.39. The van der Waals surface area contributed by atoms with Gasteiger partial charge in [-0.3, -0.25) is 14.4 Å². The lowest BCUT2D eigenvalue weighted by Crippen LogP contribution is -3.00. The van der Waals surface area contributed by atoms with E-state index in [1.54, 1.807) is 24.3 Å². The van der Waals surface area contributed by atoms with Gasteiger partial charge in [-0.2, -0.15) is 0 Å². The molecule has 0 spiro atoms. The molecule has 0 N–H and O–H groups in total. The van der Waals surface area contributed by atoms with Crippen molar-refractivity contribution < 1.29 is 21.8 Å². The minimum atomic E-state index is 0. The predicted molar refractivity (Wildman–Crippen MR) is 99.7 cm³/mol. The van der Waals surface area contributed by atoms with Crippen LogP contribution in [0.25, 0.3) is 16.9 Å². The number of hydrogen-bond donors (Lipinski definition) is 0. The van der Waals surface area contributed by atoms with E-state index >= 15 is 0 Å². The molecule has 0 saturated heterocycles. The third-order valence-electron chi connectivity index (χ3n) is 3.67. The molecule has 3 aromatic rings. The lowest BCUT2D eigenvalue weighted by atomic mass is 10.1. The van der Waals surface area contributed by atoms with Crippen LogP contribution in [0.15, 0.2) is 77.6 Å². The summed E-state index contributed by atoms with van der Waals surface area (Å²) in [6, 6.07) is 17.9. The number of thiazole rings is 1. The number of halogens is 1. The minimum absolute atomic E-state index is 0. The predicted octanol–water partition coefficient (Wildman–Crippen LogP) is 1.50. The van der Waals surface area contributed by atoms with E-state index < -0.39 is 0 Å². The Hall–Kier alpha value is -2.24. The molecule has 0 aliphatic heterocycles. The lowest BCUT2D eigenvalue weighted by molar-refractivity contribution is -0.0000128. The number of rotatable bonds is 5. The minimum Gasteiger partial charge on any atom is -1.00 e. The fraction of sp³-hybridized carbons (Fsp3) is 0.100. The Kier molecular flexibility index (Phi) is 6.67. The van der Waals surface area contributed by atoms with Crippen molar-refractivity contribution in [3.05, 3.63) is 83.0 Å². The molecule has 0 atom stereocenters. The number of benzene rings is 2. The quantitative estimate of drug-likeness (QED) is 0.460. The summed E-state index contributed by atoms with van der Waals surface area (Å²) < 4.78 is 2.12. The van der Waals surface area contributed by atoms with Gasteiger partial charge in [-0.25, -0.2) is 0 Å². The summed E-state index contributed by atoms with van der Waals surface area (Å²) in [5.74, 6) is 0.0664. The van der Waals surface area contributed by atoms with Crippen LogP contribution in [0.3, 0.4) is 0 Å². The van der Waals surface area contributed by atoms with Crippen LogP contribution in [0.5, 0.6) is 0 Å². The van der Waals surface area contributed by atoms with Crippen molar-refractivity contribution in [2.45, 2.75) is 6.92 Å². The Morgan fingerprint density at radius 2 is 1.84 bits per heavy atom. The maximum Gasteiger partial charge on any atom is 0.190 e. The van der Waals surface area contributed by atoms with Crippen LogP contribution < -0.4 is 21.8 Å². The smallest absolute Gasteiger partial charge is 0.190 e. The summed E-state index contributed by atoms with van der Waals surface area (Å²) in [6.45, 7) is 5.88. The van der Waals surface area contributed by atoms with Gasteiger partial charge in [-0.15, -0.1) is 17.9 Å². The molecule has 0 fully saturated rings. The molecule has 3 rings (SSSR count). The van der Waals surface area contributed by atoms with Crippen LogP contribution in [0.1, 0.15) is 17.3 Å². The van der Waals surface area contributed by atoms with Crippen molar-refractivity contribution in [1.29, 1.82) is 0 Å².